The van der Waals surface area contributed by atoms with E-state index >= 15 is 0 Å². The first-order valence-electron chi connectivity index (χ1n) is 4.80. The maximum Gasteiger partial charge on any atom is 0.416 e. The summed E-state index contributed by atoms with van der Waals surface area (Å²) in [6, 6.07) is 1.72. The van der Waals surface area contributed by atoms with Gasteiger partial charge in [0, 0.05) is 12.1 Å². The Morgan fingerprint density at radius 2 is 1.94 bits per heavy atom. The van der Waals surface area contributed by atoms with Crippen molar-refractivity contribution in [3.63, 3.8) is 0 Å². The molecular weight excluding hydrogens is 238 g/mol. The second kappa shape index (κ2) is 5.16. The zero-order chi connectivity index (χ0) is 13.1. The number of hydrogen-bond acceptors (Lipinski definition) is 1. The molecular formula is C11H10F4NO. The van der Waals surface area contributed by atoms with Gasteiger partial charge in [-0.3, -0.25) is 4.79 Å². The van der Waals surface area contributed by atoms with Crippen molar-refractivity contribution in [1.82, 2.24) is 5.32 Å². The van der Waals surface area contributed by atoms with Gasteiger partial charge in [0.1, 0.15) is 5.82 Å². The van der Waals surface area contributed by atoms with Crippen LogP contribution >= 0.6 is 0 Å². The number of carbonyl (C=O) groups excluding carboxylic acids is 1. The second-order valence-electron chi connectivity index (χ2n) is 3.34. The number of amides is 1. The summed E-state index contributed by atoms with van der Waals surface area (Å²) in [7, 11) is 0. The summed E-state index contributed by atoms with van der Waals surface area (Å²) in [4.78, 5) is 11.4. The smallest absolute Gasteiger partial charge is 0.352 e. The molecule has 0 unspecified atom stereocenters. The monoisotopic (exact) mass is 248 g/mol. The second-order valence-corrected chi connectivity index (χ2v) is 3.34. The van der Waals surface area contributed by atoms with E-state index < -0.39 is 23.5 Å². The van der Waals surface area contributed by atoms with Gasteiger partial charge in [-0.05, 0) is 24.6 Å². The first-order valence-corrected chi connectivity index (χ1v) is 4.80. The van der Waals surface area contributed by atoms with Gasteiger partial charge in [-0.2, -0.15) is 13.2 Å². The zero-order valence-corrected chi connectivity index (χ0v) is 8.77. The first kappa shape index (κ1) is 13.5. The highest BCUT2D eigenvalue weighted by Gasteiger charge is 2.31. The Bertz CT molecular complexity index is 414. The fraction of sp³-hybridized carbons (Fsp3) is 0.273. The van der Waals surface area contributed by atoms with Gasteiger partial charge < -0.3 is 5.32 Å². The predicted molar refractivity (Wildman–Crippen MR) is 53.7 cm³/mol. The number of nitrogens with one attached hydrogen (secondary N) is 1. The third-order valence-electron chi connectivity index (χ3n) is 1.95. The summed E-state index contributed by atoms with van der Waals surface area (Å²) in [5.74, 6) is -1.85. The molecule has 0 aliphatic rings. The van der Waals surface area contributed by atoms with Gasteiger partial charge in [-0.25, -0.2) is 4.39 Å². The number of hydrogen-bond donors (Lipinski definition) is 1. The van der Waals surface area contributed by atoms with Crippen LogP contribution in [-0.4, -0.2) is 12.5 Å². The molecule has 1 N–H and O–H groups in total. The van der Waals surface area contributed by atoms with Gasteiger partial charge in [0.15, 0.2) is 0 Å². The lowest BCUT2D eigenvalue weighted by Gasteiger charge is -2.09. The molecule has 17 heavy (non-hydrogen) atoms. The molecule has 1 rings (SSSR count). The molecule has 0 spiro atoms. The third-order valence-corrected chi connectivity index (χ3v) is 1.95. The molecule has 1 aromatic carbocycles. The van der Waals surface area contributed by atoms with Crippen LogP contribution in [-0.2, 0) is 6.18 Å². The van der Waals surface area contributed by atoms with Gasteiger partial charge in [-0.1, -0.05) is 6.92 Å². The Kier molecular flexibility index (Phi) is 4.09. The standard InChI is InChI=1S/C11H10F4NO/c1-2-3-16-10(17)7-4-8(11(13,14)15)6-9(12)5-7/h4-6H,1-3H2,(H,16,17). The average Bonchev–Trinajstić information content (AvgIpc) is 2.23. The molecule has 0 heterocycles. The number of rotatable bonds is 3. The van der Waals surface area contributed by atoms with Crippen molar-refractivity contribution in [1.29, 1.82) is 0 Å². The molecule has 1 aromatic rings. The van der Waals surface area contributed by atoms with Gasteiger partial charge in [0.05, 0.1) is 5.56 Å². The number of benzene rings is 1. The Morgan fingerprint density at radius 1 is 1.29 bits per heavy atom. The van der Waals surface area contributed by atoms with Gasteiger partial charge in [0.2, 0.25) is 0 Å². The van der Waals surface area contributed by atoms with E-state index in [2.05, 4.69) is 12.2 Å². The number of carbonyl (C=O) groups is 1. The summed E-state index contributed by atoms with van der Waals surface area (Å²) in [6.07, 6.45) is -4.28. The van der Waals surface area contributed by atoms with Gasteiger partial charge in [0.25, 0.3) is 5.91 Å². The molecule has 0 saturated heterocycles. The van der Waals surface area contributed by atoms with Gasteiger partial charge in [-0.15, -0.1) is 0 Å². The maximum absolute atomic E-state index is 12.9. The van der Waals surface area contributed by atoms with E-state index in [1.807, 2.05) is 0 Å². The number of alkyl halides is 3. The Balaban J connectivity index is 3.01. The molecule has 0 aromatic heterocycles. The topological polar surface area (TPSA) is 29.1 Å². The molecule has 1 amide bonds. The van der Waals surface area contributed by atoms with Crippen LogP contribution in [0, 0.1) is 12.7 Å². The van der Waals surface area contributed by atoms with Crippen molar-refractivity contribution in [3.8, 4) is 0 Å². The lowest BCUT2D eigenvalue weighted by Crippen LogP contribution is -2.24. The minimum atomic E-state index is -4.68. The van der Waals surface area contributed by atoms with E-state index in [4.69, 9.17) is 0 Å². The minimum absolute atomic E-state index is 0.219. The predicted octanol–water partition coefficient (Wildman–Crippen LogP) is 2.80. The van der Waals surface area contributed by atoms with E-state index in [0.29, 0.717) is 18.6 Å². The Morgan fingerprint density at radius 3 is 2.47 bits per heavy atom. The highest BCUT2D eigenvalue weighted by Crippen LogP contribution is 2.30. The van der Waals surface area contributed by atoms with Crippen LogP contribution in [0.15, 0.2) is 18.2 Å². The third kappa shape index (κ3) is 3.72. The summed E-state index contributed by atoms with van der Waals surface area (Å²) < 4.78 is 50.0. The van der Waals surface area contributed by atoms with Crippen LogP contribution in [0.1, 0.15) is 22.3 Å². The van der Waals surface area contributed by atoms with Crippen LogP contribution in [0.25, 0.3) is 0 Å². The van der Waals surface area contributed by atoms with Crippen LogP contribution in [0.5, 0.6) is 0 Å². The highest BCUT2D eigenvalue weighted by molar-refractivity contribution is 5.94. The molecule has 6 heteroatoms. The normalized spacial score (nSPS) is 11.4. The lowest BCUT2D eigenvalue weighted by molar-refractivity contribution is -0.137. The zero-order valence-electron chi connectivity index (χ0n) is 8.77. The van der Waals surface area contributed by atoms with E-state index in [-0.39, 0.29) is 12.1 Å². The first-order chi connectivity index (χ1) is 7.84. The quantitative estimate of drug-likeness (QED) is 0.819. The average molecular weight is 248 g/mol. The van der Waals surface area contributed by atoms with Crippen molar-refractivity contribution >= 4 is 5.91 Å². The summed E-state index contributed by atoms with van der Waals surface area (Å²) in [6.45, 7) is 3.68. The minimum Gasteiger partial charge on any atom is -0.352 e. The van der Waals surface area contributed by atoms with E-state index in [9.17, 15) is 22.4 Å². The van der Waals surface area contributed by atoms with E-state index in [1.165, 1.54) is 0 Å². The number of halogens is 4. The highest BCUT2D eigenvalue weighted by atomic mass is 19.4. The molecule has 2 nitrogen and oxygen atoms in total. The Labute approximate surface area is 95.6 Å². The van der Waals surface area contributed by atoms with Crippen molar-refractivity contribution < 1.29 is 22.4 Å². The van der Waals surface area contributed by atoms with Crippen LogP contribution < -0.4 is 5.32 Å². The van der Waals surface area contributed by atoms with Crippen molar-refractivity contribution in [2.75, 3.05) is 6.54 Å². The molecule has 0 aliphatic heterocycles. The Hall–Kier alpha value is -1.59. The molecule has 0 bridgehead atoms. The van der Waals surface area contributed by atoms with Crippen LogP contribution in [0.4, 0.5) is 17.6 Å². The maximum atomic E-state index is 12.9. The largest absolute Gasteiger partial charge is 0.416 e. The summed E-state index contributed by atoms with van der Waals surface area (Å²) in [5, 5.41) is 2.32. The van der Waals surface area contributed by atoms with Crippen molar-refractivity contribution in [3.05, 3.63) is 42.1 Å². The molecule has 0 aliphatic carbocycles. The molecule has 0 saturated carbocycles. The fourth-order valence-corrected chi connectivity index (χ4v) is 1.19. The summed E-state index contributed by atoms with van der Waals surface area (Å²) >= 11 is 0. The SMILES string of the molecule is [CH2]CCNC(=O)c1cc(F)cc(C(F)(F)F)c1. The van der Waals surface area contributed by atoms with Crippen molar-refractivity contribution in [2.45, 2.75) is 12.6 Å². The fourth-order valence-electron chi connectivity index (χ4n) is 1.19. The molecule has 1 radical (unpaired) electrons. The van der Waals surface area contributed by atoms with Crippen LogP contribution in [0.3, 0.4) is 0 Å². The molecule has 0 atom stereocenters. The van der Waals surface area contributed by atoms with Crippen LogP contribution in [0.2, 0.25) is 0 Å². The molecule has 93 valence electrons. The van der Waals surface area contributed by atoms with E-state index in [0.717, 1.165) is 6.07 Å². The summed E-state index contributed by atoms with van der Waals surface area (Å²) in [5.41, 5.74) is -1.54. The lowest BCUT2D eigenvalue weighted by atomic mass is 10.1. The molecule has 0 fully saturated rings. The van der Waals surface area contributed by atoms with E-state index in [1.54, 1.807) is 0 Å². The van der Waals surface area contributed by atoms with Crippen molar-refractivity contribution in [2.24, 2.45) is 0 Å². The van der Waals surface area contributed by atoms with Gasteiger partial charge >= 0.3 is 6.18 Å².